The molecule has 0 saturated heterocycles. The second-order valence-electron chi connectivity index (χ2n) is 5.78. The molecular weight excluding hydrogens is 380 g/mol. The Morgan fingerprint density at radius 3 is 2.75 bits per heavy atom. The molecule has 3 aromatic rings. The first-order chi connectivity index (χ1) is 13.5. The predicted molar refractivity (Wildman–Crippen MR) is 105 cm³/mol. The summed E-state index contributed by atoms with van der Waals surface area (Å²) >= 11 is 1.20. The molecule has 1 N–H and O–H groups in total. The standard InChI is InChI=1S/C19H18N4O4S/c1-2-27-18(26)8-14-11-28-19(21-14)22-16(24)10-23-12-20-15(9-17(23)25)13-6-4-3-5-7-13/h3-7,9,11-12H,2,8,10H2,1H3,(H,21,22,24). The van der Waals surface area contributed by atoms with Gasteiger partial charge in [0.05, 0.1) is 30.7 Å². The number of benzene rings is 1. The lowest BCUT2D eigenvalue weighted by Crippen LogP contribution is -2.27. The normalized spacial score (nSPS) is 10.5. The fourth-order valence-corrected chi connectivity index (χ4v) is 3.16. The summed E-state index contributed by atoms with van der Waals surface area (Å²) < 4.78 is 6.08. The zero-order chi connectivity index (χ0) is 19.9. The fourth-order valence-electron chi connectivity index (χ4n) is 2.43. The first kappa shape index (κ1) is 19.4. The van der Waals surface area contributed by atoms with Crippen molar-refractivity contribution in [3.63, 3.8) is 0 Å². The van der Waals surface area contributed by atoms with E-state index in [4.69, 9.17) is 4.74 Å². The van der Waals surface area contributed by atoms with Gasteiger partial charge in [-0.3, -0.25) is 19.0 Å². The first-order valence-corrected chi connectivity index (χ1v) is 9.45. The van der Waals surface area contributed by atoms with Gasteiger partial charge in [-0.15, -0.1) is 11.3 Å². The van der Waals surface area contributed by atoms with E-state index in [1.54, 1.807) is 12.3 Å². The Hall–Kier alpha value is -3.33. The highest BCUT2D eigenvalue weighted by molar-refractivity contribution is 7.13. The minimum Gasteiger partial charge on any atom is -0.466 e. The number of amides is 1. The SMILES string of the molecule is CCOC(=O)Cc1csc(NC(=O)Cn2cnc(-c3ccccc3)cc2=O)n1. The summed E-state index contributed by atoms with van der Waals surface area (Å²) in [7, 11) is 0. The minimum atomic E-state index is -0.409. The Labute approximate surface area is 164 Å². The molecule has 0 aliphatic carbocycles. The van der Waals surface area contributed by atoms with E-state index in [9.17, 15) is 14.4 Å². The van der Waals surface area contributed by atoms with Gasteiger partial charge in [0, 0.05) is 17.0 Å². The van der Waals surface area contributed by atoms with Crippen LogP contribution in [0.1, 0.15) is 12.6 Å². The Kier molecular flexibility index (Phi) is 6.28. The van der Waals surface area contributed by atoms with E-state index < -0.39 is 5.91 Å². The summed E-state index contributed by atoms with van der Waals surface area (Å²) in [4.78, 5) is 44.3. The van der Waals surface area contributed by atoms with Crippen LogP contribution in [-0.2, 0) is 27.3 Å². The van der Waals surface area contributed by atoms with Crippen molar-refractivity contribution >= 4 is 28.3 Å². The second kappa shape index (κ2) is 9.05. The molecular formula is C19H18N4O4S. The monoisotopic (exact) mass is 398 g/mol. The highest BCUT2D eigenvalue weighted by Crippen LogP contribution is 2.16. The van der Waals surface area contributed by atoms with E-state index >= 15 is 0 Å². The van der Waals surface area contributed by atoms with Gasteiger partial charge in [0.1, 0.15) is 6.54 Å². The number of hydrogen-bond acceptors (Lipinski definition) is 7. The molecule has 144 valence electrons. The van der Waals surface area contributed by atoms with Crippen LogP contribution < -0.4 is 10.9 Å². The molecule has 1 amide bonds. The Bertz CT molecular complexity index is 1030. The van der Waals surface area contributed by atoms with Crippen LogP contribution in [0.2, 0.25) is 0 Å². The summed E-state index contributed by atoms with van der Waals surface area (Å²) in [5.74, 6) is -0.782. The maximum atomic E-state index is 12.3. The number of nitrogens with zero attached hydrogens (tertiary/aromatic N) is 3. The number of ether oxygens (including phenoxy) is 1. The van der Waals surface area contributed by atoms with Gasteiger partial charge < -0.3 is 10.1 Å². The molecule has 0 bridgehead atoms. The number of anilines is 1. The average molecular weight is 398 g/mol. The van der Waals surface area contributed by atoms with Gasteiger partial charge in [0.15, 0.2) is 5.13 Å². The molecule has 2 aromatic heterocycles. The van der Waals surface area contributed by atoms with E-state index in [1.807, 2.05) is 30.3 Å². The number of hydrogen-bond donors (Lipinski definition) is 1. The second-order valence-corrected chi connectivity index (χ2v) is 6.64. The van der Waals surface area contributed by atoms with Crippen LogP contribution >= 0.6 is 11.3 Å². The lowest BCUT2D eigenvalue weighted by molar-refractivity contribution is -0.142. The molecule has 28 heavy (non-hydrogen) atoms. The third-order valence-electron chi connectivity index (χ3n) is 3.69. The van der Waals surface area contributed by atoms with Crippen LogP contribution in [0.3, 0.4) is 0 Å². The number of carbonyl (C=O) groups is 2. The van der Waals surface area contributed by atoms with Gasteiger partial charge in [-0.05, 0) is 6.92 Å². The molecule has 1 aromatic carbocycles. The molecule has 9 heteroatoms. The van der Waals surface area contributed by atoms with Crippen LogP contribution in [0.4, 0.5) is 5.13 Å². The van der Waals surface area contributed by atoms with E-state index in [2.05, 4.69) is 15.3 Å². The molecule has 2 heterocycles. The first-order valence-electron chi connectivity index (χ1n) is 8.57. The number of carbonyl (C=O) groups excluding carboxylic acids is 2. The third kappa shape index (κ3) is 5.10. The number of thiazole rings is 1. The van der Waals surface area contributed by atoms with Gasteiger partial charge in [0.2, 0.25) is 5.91 Å². The van der Waals surface area contributed by atoms with Crippen LogP contribution in [0.25, 0.3) is 11.3 Å². The smallest absolute Gasteiger partial charge is 0.311 e. The van der Waals surface area contributed by atoms with Gasteiger partial charge in [-0.2, -0.15) is 0 Å². The molecule has 8 nitrogen and oxygen atoms in total. The van der Waals surface area contributed by atoms with Crippen molar-refractivity contribution in [1.82, 2.24) is 14.5 Å². The Morgan fingerprint density at radius 2 is 2.04 bits per heavy atom. The Balaban J connectivity index is 1.61. The van der Waals surface area contributed by atoms with Crippen molar-refractivity contribution in [2.45, 2.75) is 19.9 Å². The molecule has 0 spiro atoms. The molecule has 0 aliphatic rings. The number of rotatable bonds is 7. The average Bonchev–Trinajstić information content (AvgIpc) is 3.10. The lowest BCUT2D eigenvalue weighted by atomic mass is 10.1. The van der Waals surface area contributed by atoms with Crippen molar-refractivity contribution in [1.29, 1.82) is 0 Å². The summed E-state index contributed by atoms with van der Waals surface area (Å²) in [6, 6.07) is 10.7. The van der Waals surface area contributed by atoms with E-state index in [-0.39, 0.29) is 24.5 Å². The largest absolute Gasteiger partial charge is 0.466 e. The maximum Gasteiger partial charge on any atom is 0.311 e. The van der Waals surface area contributed by atoms with Gasteiger partial charge in [0.25, 0.3) is 5.56 Å². The molecule has 0 saturated carbocycles. The highest BCUT2D eigenvalue weighted by atomic mass is 32.1. The summed E-state index contributed by atoms with van der Waals surface area (Å²) in [6.07, 6.45) is 1.39. The molecule has 0 unspecified atom stereocenters. The predicted octanol–water partition coefficient (Wildman–Crippen LogP) is 2.11. The van der Waals surface area contributed by atoms with E-state index in [1.165, 1.54) is 28.3 Å². The van der Waals surface area contributed by atoms with E-state index in [0.29, 0.717) is 23.1 Å². The fraction of sp³-hybridized carbons (Fsp3) is 0.211. The molecule has 0 atom stereocenters. The van der Waals surface area contributed by atoms with Gasteiger partial charge in [-0.1, -0.05) is 30.3 Å². The number of esters is 1. The van der Waals surface area contributed by atoms with Crippen LogP contribution in [-0.4, -0.2) is 33.0 Å². The van der Waals surface area contributed by atoms with Crippen molar-refractivity contribution in [3.05, 3.63) is 64.2 Å². The van der Waals surface area contributed by atoms with Crippen molar-refractivity contribution in [3.8, 4) is 11.3 Å². The van der Waals surface area contributed by atoms with Crippen LogP contribution in [0, 0.1) is 0 Å². The number of nitrogens with one attached hydrogen (secondary N) is 1. The summed E-state index contributed by atoms with van der Waals surface area (Å²) in [6.45, 7) is 1.85. The van der Waals surface area contributed by atoms with Gasteiger partial charge >= 0.3 is 5.97 Å². The highest BCUT2D eigenvalue weighted by Gasteiger charge is 2.12. The van der Waals surface area contributed by atoms with Crippen molar-refractivity contribution < 1.29 is 14.3 Å². The summed E-state index contributed by atoms with van der Waals surface area (Å²) in [5, 5.41) is 4.65. The zero-order valence-electron chi connectivity index (χ0n) is 15.1. The topological polar surface area (TPSA) is 103 Å². The lowest BCUT2D eigenvalue weighted by Gasteiger charge is -2.06. The quantitative estimate of drug-likeness (QED) is 0.612. The third-order valence-corrected chi connectivity index (χ3v) is 4.50. The molecule has 0 radical (unpaired) electrons. The molecule has 0 fully saturated rings. The van der Waals surface area contributed by atoms with E-state index in [0.717, 1.165) is 5.56 Å². The Morgan fingerprint density at radius 1 is 1.25 bits per heavy atom. The minimum absolute atomic E-state index is 0.0462. The number of aromatic nitrogens is 3. The van der Waals surface area contributed by atoms with Crippen LogP contribution in [0.5, 0.6) is 0 Å². The summed E-state index contributed by atoms with van der Waals surface area (Å²) in [5.41, 5.74) is 1.56. The maximum absolute atomic E-state index is 12.3. The zero-order valence-corrected chi connectivity index (χ0v) is 15.9. The molecule has 3 rings (SSSR count). The van der Waals surface area contributed by atoms with Crippen molar-refractivity contribution in [2.24, 2.45) is 0 Å². The van der Waals surface area contributed by atoms with Crippen LogP contribution in [0.15, 0.2) is 52.9 Å². The van der Waals surface area contributed by atoms with Crippen molar-refractivity contribution in [2.75, 3.05) is 11.9 Å². The van der Waals surface area contributed by atoms with Gasteiger partial charge in [-0.25, -0.2) is 9.97 Å². The molecule has 0 aliphatic heterocycles.